The predicted molar refractivity (Wildman–Crippen MR) is 85.7 cm³/mol. The van der Waals surface area contributed by atoms with E-state index < -0.39 is 17.6 Å². The number of carbonyl (C=O) groups excluding carboxylic acids is 2. The molecule has 0 radical (unpaired) electrons. The second kappa shape index (κ2) is 5.98. The second-order valence-electron chi connectivity index (χ2n) is 6.54. The van der Waals surface area contributed by atoms with Crippen LogP contribution in [0.5, 0.6) is 0 Å². The van der Waals surface area contributed by atoms with Crippen molar-refractivity contribution in [1.82, 2.24) is 5.32 Å². The van der Waals surface area contributed by atoms with Gasteiger partial charge >= 0.3 is 6.18 Å². The minimum Gasteiger partial charge on any atom is -0.349 e. The standard InChI is InChI=1S/C16H17F3N2O2S/c1-24-21-13-3-2-9(16(17,18)19)4-12(13)14(23)20-10-5-15(6-10)7-11(22)8-15/h2-4,10,21H,5-8H2,1H3,(H,20,23). The molecule has 1 spiro atoms. The Hall–Kier alpha value is -1.70. The lowest BCUT2D eigenvalue weighted by Gasteiger charge is -2.52. The lowest BCUT2D eigenvalue weighted by atomic mass is 9.53. The van der Waals surface area contributed by atoms with E-state index >= 15 is 0 Å². The summed E-state index contributed by atoms with van der Waals surface area (Å²) in [5.74, 6) is -0.285. The topological polar surface area (TPSA) is 58.2 Å². The summed E-state index contributed by atoms with van der Waals surface area (Å²) in [5.41, 5.74) is -0.497. The van der Waals surface area contributed by atoms with Crippen molar-refractivity contribution in [2.45, 2.75) is 37.9 Å². The van der Waals surface area contributed by atoms with E-state index in [1.807, 2.05) is 0 Å². The second-order valence-corrected chi connectivity index (χ2v) is 7.15. The third kappa shape index (κ3) is 3.24. The zero-order valence-electron chi connectivity index (χ0n) is 13.0. The molecule has 1 aromatic carbocycles. The third-order valence-corrected chi connectivity index (χ3v) is 5.07. The predicted octanol–water partition coefficient (Wildman–Crippen LogP) is 3.64. The monoisotopic (exact) mass is 358 g/mol. The van der Waals surface area contributed by atoms with Crippen LogP contribution in [0.1, 0.15) is 41.6 Å². The Labute approximate surface area is 141 Å². The van der Waals surface area contributed by atoms with Crippen molar-refractivity contribution in [3.8, 4) is 0 Å². The van der Waals surface area contributed by atoms with Crippen LogP contribution in [0.25, 0.3) is 0 Å². The Morgan fingerprint density at radius 1 is 1.29 bits per heavy atom. The van der Waals surface area contributed by atoms with Crippen molar-refractivity contribution in [2.75, 3.05) is 11.0 Å². The lowest BCUT2D eigenvalue weighted by Crippen LogP contribution is -2.56. The quantitative estimate of drug-likeness (QED) is 0.807. The zero-order valence-corrected chi connectivity index (χ0v) is 13.8. The molecule has 4 nitrogen and oxygen atoms in total. The molecular formula is C16H17F3N2O2S. The molecule has 2 N–H and O–H groups in total. The molecule has 0 saturated heterocycles. The van der Waals surface area contributed by atoms with Crippen LogP contribution in [-0.4, -0.2) is 24.0 Å². The molecule has 3 rings (SSSR count). The number of anilines is 1. The summed E-state index contributed by atoms with van der Waals surface area (Å²) in [6.45, 7) is 0. The van der Waals surface area contributed by atoms with Crippen LogP contribution in [0.4, 0.5) is 18.9 Å². The van der Waals surface area contributed by atoms with Gasteiger partial charge in [0, 0.05) is 25.1 Å². The fourth-order valence-electron chi connectivity index (χ4n) is 3.53. The normalized spacial score (nSPS) is 19.6. The Morgan fingerprint density at radius 2 is 1.96 bits per heavy atom. The summed E-state index contributed by atoms with van der Waals surface area (Å²) in [4.78, 5) is 23.5. The SMILES string of the molecule is CSNc1ccc(C(F)(F)F)cc1C(=O)NC1CC2(CC(=O)C2)C1. The Kier molecular flexibility index (Phi) is 4.27. The van der Waals surface area contributed by atoms with E-state index in [9.17, 15) is 22.8 Å². The number of ketones is 1. The van der Waals surface area contributed by atoms with Crippen LogP contribution in [0.3, 0.4) is 0 Å². The van der Waals surface area contributed by atoms with E-state index in [0.29, 0.717) is 31.4 Å². The highest BCUT2D eigenvalue weighted by molar-refractivity contribution is 7.99. The Bertz CT molecular complexity index is 674. The molecule has 2 aliphatic rings. The molecule has 0 bridgehead atoms. The van der Waals surface area contributed by atoms with Crippen molar-refractivity contribution in [3.05, 3.63) is 29.3 Å². The molecule has 130 valence electrons. The maximum atomic E-state index is 12.9. The summed E-state index contributed by atoms with van der Waals surface area (Å²) in [7, 11) is 0. The summed E-state index contributed by atoms with van der Waals surface area (Å²) in [6, 6.07) is 3.01. The molecule has 0 atom stereocenters. The summed E-state index contributed by atoms with van der Waals surface area (Å²) in [6.07, 6.45) is -0.226. The number of carbonyl (C=O) groups is 2. The molecule has 24 heavy (non-hydrogen) atoms. The maximum Gasteiger partial charge on any atom is 0.416 e. The average molecular weight is 358 g/mol. The van der Waals surface area contributed by atoms with Crippen LogP contribution < -0.4 is 10.0 Å². The molecule has 0 heterocycles. The minimum absolute atomic E-state index is 0.0233. The van der Waals surface area contributed by atoms with Crippen molar-refractivity contribution in [3.63, 3.8) is 0 Å². The van der Waals surface area contributed by atoms with E-state index in [1.54, 1.807) is 6.26 Å². The van der Waals surface area contributed by atoms with Crippen LogP contribution in [0.2, 0.25) is 0 Å². The molecule has 0 aliphatic heterocycles. The largest absolute Gasteiger partial charge is 0.416 e. The fourth-order valence-corrected chi connectivity index (χ4v) is 3.93. The summed E-state index contributed by atoms with van der Waals surface area (Å²) in [5, 5.41) is 2.78. The summed E-state index contributed by atoms with van der Waals surface area (Å²) < 4.78 is 41.5. The Balaban J connectivity index is 1.72. The first-order valence-electron chi connectivity index (χ1n) is 7.55. The van der Waals surface area contributed by atoms with Gasteiger partial charge in [-0.15, -0.1) is 0 Å². The summed E-state index contributed by atoms with van der Waals surface area (Å²) >= 11 is 1.20. The highest BCUT2D eigenvalue weighted by Crippen LogP contribution is 2.54. The zero-order chi connectivity index (χ0) is 17.5. The van der Waals surface area contributed by atoms with E-state index in [-0.39, 0.29) is 22.8 Å². The van der Waals surface area contributed by atoms with Gasteiger partial charge in [-0.05, 0) is 36.5 Å². The molecule has 2 aliphatic carbocycles. The van der Waals surface area contributed by atoms with Gasteiger partial charge in [0.25, 0.3) is 5.91 Å². The number of hydrogen-bond acceptors (Lipinski definition) is 4. The van der Waals surface area contributed by atoms with E-state index in [1.165, 1.54) is 18.0 Å². The van der Waals surface area contributed by atoms with Crippen molar-refractivity contribution >= 4 is 29.3 Å². The van der Waals surface area contributed by atoms with Crippen molar-refractivity contribution in [1.29, 1.82) is 0 Å². The number of Topliss-reactive ketones (excluding diaryl/α,β-unsaturated/α-hetero) is 1. The molecule has 1 aromatic rings. The van der Waals surface area contributed by atoms with E-state index in [4.69, 9.17) is 0 Å². The lowest BCUT2D eigenvalue weighted by molar-refractivity contribution is -0.139. The fraction of sp³-hybridized carbons (Fsp3) is 0.500. The number of amides is 1. The number of halogens is 3. The molecule has 0 unspecified atom stereocenters. The molecule has 2 fully saturated rings. The number of nitrogens with one attached hydrogen (secondary N) is 2. The van der Waals surface area contributed by atoms with Crippen LogP contribution in [0, 0.1) is 5.41 Å². The molecule has 8 heteroatoms. The van der Waals surface area contributed by atoms with Gasteiger partial charge in [-0.3, -0.25) is 9.59 Å². The van der Waals surface area contributed by atoms with Crippen molar-refractivity contribution < 1.29 is 22.8 Å². The van der Waals surface area contributed by atoms with Gasteiger partial charge in [-0.1, -0.05) is 11.9 Å². The van der Waals surface area contributed by atoms with Gasteiger partial charge in [-0.25, -0.2) is 0 Å². The first-order chi connectivity index (χ1) is 11.2. The molecular weight excluding hydrogens is 341 g/mol. The highest BCUT2D eigenvalue weighted by Gasteiger charge is 2.53. The number of benzene rings is 1. The highest BCUT2D eigenvalue weighted by atomic mass is 32.2. The number of alkyl halides is 3. The number of rotatable bonds is 4. The van der Waals surface area contributed by atoms with Crippen molar-refractivity contribution in [2.24, 2.45) is 5.41 Å². The van der Waals surface area contributed by atoms with Gasteiger partial charge in [0.05, 0.1) is 16.8 Å². The minimum atomic E-state index is -4.50. The first kappa shape index (κ1) is 17.1. The maximum absolute atomic E-state index is 12.9. The van der Waals surface area contributed by atoms with Crippen LogP contribution in [-0.2, 0) is 11.0 Å². The smallest absolute Gasteiger partial charge is 0.349 e. The molecule has 1 amide bonds. The van der Waals surface area contributed by atoms with E-state index in [0.717, 1.165) is 12.1 Å². The van der Waals surface area contributed by atoms with Gasteiger partial charge < -0.3 is 10.0 Å². The third-order valence-electron chi connectivity index (χ3n) is 4.64. The first-order valence-corrected chi connectivity index (χ1v) is 8.78. The number of hydrogen-bond donors (Lipinski definition) is 2. The molecule has 0 aromatic heterocycles. The molecule has 2 saturated carbocycles. The average Bonchev–Trinajstić information content (AvgIpc) is 2.43. The van der Waals surface area contributed by atoms with Crippen LogP contribution >= 0.6 is 11.9 Å². The van der Waals surface area contributed by atoms with Gasteiger partial charge in [0.1, 0.15) is 5.78 Å². The van der Waals surface area contributed by atoms with Gasteiger partial charge in [0.15, 0.2) is 0 Å². The van der Waals surface area contributed by atoms with Gasteiger partial charge in [0.2, 0.25) is 0 Å². The Morgan fingerprint density at radius 3 is 2.50 bits per heavy atom. The van der Waals surface area contributed by atoms with Gasteiger partial charge in [-0.2, -0.15) is 13.2 Å². The van der Waals surface area contributed by atoms with Crippen LogP contribution in [0.15, 0.2) is 18.2 Å². The van der Waals surface area contributed by atoms with E-state index in [2.05, 4.69) is 10.0 Å².